The van der Waals surface area contributed by atoms with Gasteiger partial charge in [0.05, 0.1) is 30.4 Å². The molecule has 0 amide bonds. The van der Waals surface area contributed by atoms with Gasteiger partial charge in [-0.2, -0.15) is 5.10 Å². The fourth-order valence-electron chi connectivity index (χ4n) is 2.19. The lowest BCUT2D eigenvalue weighted by Crippen LogP contribution is -2.50. The van der Waals surface area contributed by atoms with E-state index in [0.717, 1.165) is 24.1 Å². The molecule has 2 heterocycles. The Bertz CT molecular complexity index is 438. The fourth-order valence-corrected chi connectivity index (χ4v) is 2.52. The maximum atomic E-state index is 11.5. The molecule has 2 rings (SSSR count). The summed E-state index contributed by atoms with van der Waals surface area (Å²) in [7, 11) is 1.39. The molecule has 1 aliphatic rings. The molecule has 0 aromatic carbocycles. The lowest BCUT2D eigenvalue weighted by atomic mass is 10.2. The molecule has 7 heteroatoms. The van der Waals surface area contributed by atoms with E-state index in [4.69, 9.17) is 9.47 Å². The van der Waals surface area contributed by atoms with Crippen molar-refractivity contribution in [2.45, 2.75) is 25.7 Å². The van der Waals surface area contributed by atoms with Crippen molar-refractivity contribution in [3.63, 3.8) is 0 Å². The van der Waals surface area contributed by atoms with Crippen LogP contribution in [0.15, 0.2) is 16.9 Å². The minimum absolute atomic E-state index is 0.0298. The smallest absolute Gasteiger partial charge is 0.336 e. The topological polar surface area (TPSA) is 56.6 Å². The standard InChI is InChI=1S/C12H18BrN3O3/c1-9-6-15(8-11(19-9)12(17)18-2)3-4-16-7-10(13)5-14-16/h5,7,9,11H,3-4,6,8H2,1-2H3/t9-,11-/m1/s1. The molecule has 0 unspecified atom stereocenters. The molecule has 106 valence electrons. The highest BCUT2D eigenvalue weighted by atomic mass is 79.9. The first-order valence-corrected chi connectivity index (χ1v) is 7.01. The van der Waals surface area contributed by atoms with Gasteiger partial charge in [-0.15, -0.1) is 0 Å². The van der Waals surface area contributed by atoms with E-state index in [1.54, 1.807) is 6.20 Å². The normalized spacial score (nSPS) is 24.4. The van der Waals surface area contributed by atoms with E-state index in [1.807, 2.05) is 17.8 Å². The Morgan fingerprint density at radius 2 is 2.37 bits per heavy atom. The molecule has 0 saturated carbocycles. The van der Waals surface area contributed by atoms with Crippen molar-refractivity contribution in [1.82, 2.24) is 14.7 Å². The molecular weight excluding hydrogens is 314 g/mol. The minimum Gasteiger partial charge on any atom is -0.467 e. The molecule has 1 aromatic rings. The van der Waals surface area contributed by atoms with Crippen LogP contribution in [-0.2, 0) is 20.8 Å². The van der Waals surface area contributed by atoms with E-state index in [1.165, 1.54) is 7.11 Å². The zero-order valence-electron chi connectivity index (χ0n) is 11.1. The van der Waals surface area contributed by atoms with E-state index in [2.05, 4.69) is 25.9 Å². The highest BCUT2D eigenvalue weighted by Crippen LogP contribution is 2.13. The number of methoxy groups -OCH3 is 1. The van der Waals surface area contributed by atoms with Crippen LogP contribution in [0.4, 0.5) is 0 Å². The zero-order chi connectivity index (χ0) is 13.8. The van der Waals surface area contributed by atoms with Gasteiger partial charge in [-0.1, -0.05) is 0 Å². The lowest BCUT2D eigenvalue weighted by Gasteiger charge is -2.35. The Hall–Kier alpha value is -0.920. The lowest BCUT2D eigenvalue weighted by molar-refractivity contribution is -0.166. The largest absolute Gasteiger partial charge is 0.467 e. The Morgan fingerprint density at radius 1 is 1.58 bits per heavy atom. The van der Waals surface area contributed by atoms with E-state index >= 15 is 0 Å². The number of rotatable bonds is 4. The second-order valence-corrected chi connectivity index (χ2v) is 5.56. The van der Waals surface area contributed by atoms with Gasteiger partial charge in [0.25, 0.3) is 0 Å². The molecule has 0 N–H and O–H groups in total. The number of hydrogen-bond donors (Lipinski definition) is 0. The minimum atomic E-state index is -0.488. The summed E-state index contributed by atoms with van der Waals surface area (Å²) in [5, 5.41) is 4.21. The van der Waals surface area contributed by atoms with Crippen LogP contribution < -0.4 is 0 Å². The van der Waals surface area contributed by atoms with Crippen molar-refractivity contribution in [2.24, 2.45) is 0 Å². The molecular formula is C12H18BrN3O3. The number of carbonyl (C=O) groups is 1. The quantitative estimate of drug-likeness (QED) is 0.767. The summed E-state index contributed by atoms with van der Waals surface area (Å²) in [6, 6.07) is 0. The van der Waals surface area contributed by atoms with Gasteiger partial charge in [0.1, 0.15) is 0 Å². The fraction of sp³-hybridized carbons (Fsp3) is 0.667. The third-order valence-electron chi connectivity index (χ3n) is 3.05. The Kier molecular flexibility index (Phi) is 4.95. The number of esters is 1. The van der Waals surface area contributed by atoms with Crippen molar-refractivity contribution in [3.05, 3.63) is 16.9 Å². The number of ether oxygens (including phenoxy) is 2. The molecule has 19 heavy (non-hydrogen) atoms. The van der Waals surface area contributed by atoms with Gasteiger partial charge in [0.15, 0.2) is 6.10 Å². The summed E-state index contributed by atoms with van der Waals surface area (Å²) in [6.45, 7) is 4.96. The number of morpholine rings is 1. The van der Waals surface area contributed by atoms with E-state index in [-0.39, 0.29) is 12.1 Å². The van der Waals surface area contributed by atoms with Gasteiger partial charge in [0, 0.05) is 25.8 Å². The summed E-state index contributed by atoms with van der Waals surface area (Å²) < 4.78 is 13.2. The average molecular weight is 332 g/mol. The predicted octanol–water partition coefficient (Wildman–Crippen LogP) is 0.908. The highest BCUT2D eigenvalue weighted by Gasteiger charge is 2.30. The van der Waals surface area contributed by atoms with Crippen LogP contribution in [0, 0.1) is 0 Å². The molecule has 2 atom stereocenters. The van der Waals surface area contributed by atoms with Crippen LogP contribution >= 0.6 is 15.9 Å². The maximum Gasteiger partial charge on any atom is 0.336 e. The van der Waals surface area contributed by atoms with Gasteiger partial charge in [-0.25, -0.2) is 4.79 Å². The second kappa shape index (κ2) is 6.49. The molecule has 0 radical (unpaired) electrons. The van der Waals surface area contributed by atoms with Gasteiger partial charge in [-0.05, 0) is 22.9 Å². The van der Waals surface area contributed by atoms with Crippen LogP contribution in [0.25, 0.3) is 0 Å². The number of aromatic nitrogens is 2. The maximum absolute atomic E-state index is 11.5. The SMILES string of the molecule is COC(=O)[C@H]1CN(CCn2cc(Br)cn2)C[C@@H](C)O1. The second-order valence-electron chi connectivity index (χ2n) is 4.64. The predicted molar refractivity (Wildman–Crippen MR) is 72.7 cm³/mol. The third-order valence-corrected chi connectivity index (χ3v) is 3.46. The van der Waals surface area contributed by atoms with Crippen LogP contribution in [0.3, 0.4) is 0 Å². The van der Waals surface area contributed by atoms with Crippen molar-refractivity contribution in [1.29, 1.82) is 0 Å². The first-order valence-electron chi connectivity index (χ1n) is 6.22. The van der Waals surface area contributed by atoms with E-state index in [0.29, 0.717) is 6.54 Å². The third kappa shape index (κ3) is 4.02. The van der Waals surface area contributed by atoms with Crippen molar-refractivity contribution in [2.75, 3.05) is 26.7 Å². The Balaban J connectivity index is 1.87. The van der Waals surface area contributed by atoms with E-state index < -0.39 is 6.10 Å². The molecule has 0 bridgehead atoms. The summed E-state index contributed by atoms with van der Waals surface area (Å²) in [5.74, 6) is -0.307. The van der Waals surface area contributed by atoms with Gasteiger partial charge in [-0.3, -0.25) is 9.58 Å². The van der Waals surface area contributed by atoms with E-state index in [9.17, 15) is 4.79 Å². The number of halogens is 1. The van der Waals surface area contributed by atoms with Crippen LogP contribution in [0.5, 0.6) is 0 Å². The molecule has 6 nitrogen and oxygen atoms in total. The molecule has 1 aliphatic heterocycles. The van der Waals surface area contributed by atoms with Gasteiger partial charge < -0.3 is 9.47 Å². The van der Waals surface area contributed by atoms with Crippen LogP contribution in [-0.4, -0.2) is 59.6 Å². The summed E-state index contributed by atoms with van der Waals surface area (Å²) in [6.07, 6.45) is 3.24. The molecule has 0 spiro atoms. The number of hydrogen-bond acceptors (Lipinski definition) is 5. The van der Waals surface area contributed by atoms with Crippen LogP contribution in [0.1, 0.15) is 6.92 Å². The first-order chi connectivity index (χ1) is 9.08. The first kappa shape index (κ1) is 14.5. The monoisotopic (exact) mass is 331 g/mol. The van der Waals surface area contributed by atoms with Crippen molar-refractivity contribution >= 4 is 21.9 Å². The summed E-state index contributed by atoms with van der Waals surface area (Å²) in [5.41, 5.74) is 0. The molecule has 1 saturated heterocycles. The van der Waals surface area contributed by atoms with Crippen LogP contribution in [0.2, 0.25) is 0 Å². The van der Waals surface area contributed by atoms with Gasteiger partial charge >= 0.3 is 5.97 Å². The summed E-state index contributed by atoms with van der Waals surface area (Å²) in [4.78, 5) is 13.7. The van der Waals surface area contributed by atoms with Crippen molar-refractivity contribution < 1.29 is 14.3 Å². The number of nitrogens with zero attached hydrogens (tertiary/aromatic N) is 3. The highest BCUT2D eigenvalue weighted by molar-refractivity contribution is 9.10. The Morgan fingerprint density at radius 3 is 3.00 bits per heavy atom. The van der Waals surface area contributed by atoms with Crippen molar-refractivity contribution in [3.8, 4) is 0 Å². The molecule has 0 aliphatic carbocycles. The molecule has 1 aromatic heterocycles. The number of carbonyl (C=O) groups excluding carboxylic acids is 1. The summed E-state index contributed by atoms with van der Waals surface area (Å²) >= 11 is 3.37. The zero-order valence-corrected chi connectivity index (χ0v) is 12.7. The average Bonchev–Trinajstić information content (AvgIpc) is 2.80. The Labute approximate surface area is 120 Å². The molecule has 1 fully saturated rings. The van der Waals surface area contributed by atoms with Gasteiger partial charge in [0.2, 0.25) is 0 Å².